The van der Waals surface area contributed by atoms with Gasteiger partial charge in [0.2, 0.25) is 0 Å². The van der Waals surface area contributed by atoms with Gasteiger partial charge in [0.25, 0.3) is 0 Å². The van der Waals surface area contributed by atoms with Crippen molar-refractivity contribution in [3.8, 4) is 0 Å². The van der Waals surface area contributed by atoms with Crippen LogP contribution in [-0.4, -0.2) is 31.8 Å². The first-order valence-electron chi connectivity index (χ1n) is 6.53. The lowest BCUT2D eigenvalue weighted by Crippen LogP contribution is -2.41. The van der Waals surface area contributed by atoms with Gasteiger partial charge in [-0.05, 0) is 25.8 Å². The van der Waals surface area contributed by atoms with Crippen molar-refractivity contribution >= 4 is 29.9 Å². The molecule has 6 heteroatoms. The highest BCUT2D eigenvalue weighted by atomic mass is 127. The number of nitrogens with one attached hydrogen (secondary N) is 2. The lowest BCUT2D eigenvalue weighted by Gasteiger charge is -2.14. The molecule has 1 fully saturated rings. The number of nitrogens with zero attached hydrogens (tertiary/aromatic N) is 1. The number of hydrogen-bond acceptors (Lipinski definition) is 3. The Balaban J connectivity index is 0.00000180. The Morgan fingerprint density at radius 1 is 1.47 bits per heavy atom. The molecule has 2 rings (SSSR count). The molecule has 1 aliphatic heterocycles. The van der Waals surface area contributed by atoms with Crippen molar-refractivity contribution < 1.29 is 9.15 Å². The summed E-state index contributed by atoms with van der Waals surface area (Å²) in [6, 6.07) is 1.92. The van der Waals surface area contributed by atoms with Gasteiger partial charge in [-0.15, -0.1) is 24.0 Å². The average molecular weight is 379 g/mol. The molecule has 0 bridgehead atoms. The Hall–Kier alpha value is -0.760. The fraction of sp³-hybridized carbons (Fsp3) is 0.615. The Labute approximate surface area is 131 Å². The molecule has 0 aromatic carbocycles. The van der Waals surface area contributed by atoms with E-state index in [1.165, 1.54) is 0 Å². The standard InChI is InChI=1S/C13H21N3O2.HI/c1-2-14-13(15-8-11-5-7-17-10-11)16-9-12-4-3-6-18-12;/h5,7,10,12H,2-4,6,8-9H2,1H3,(H2,14,15,16);1H. The van der Waals surface area contributed by atoms with E-state index in [9.17, 15) is 0 Å². The van der Waals surface area contributed by atoms with Gasteiger partial charge in [-0.2, -0.15) is 0 Å². The number of halogens is 1. The van der Waals surface area contributed by atoms with Crippen LogP contribution in [0.25, 0.3) is 0 Å². The number of rotatable bonds is 5. The van der Waals surface area contributed by atoms with Crippen LogP contribution >= 0.6 is 24.0 Å². The summed E-state index contributed by atoms with van der Waals surface area (Å²) in [6.45, 7) is 5.23. The van der Waals surface area contributed by atoms with Crippen LogP contribution in [0, 0.1) is 0 Å². The third kappa shape index (κ3) is 5.82. The van der Waals surface area contributed by atoms with Crippen molar-refractivity contribution in [3.05, 3.63) is 24.2 Å². The quantitative estimate of drug-likeness (QED) is 0.468. The van der Waals surface area contributed by atoms with Gasteiger partial charge in [-0.25, -0.2) is 4.99 Å². The number of guanidine groups is 1. The highest BCUT2D eigenvalue weighted by molar-refractivity contribution is 14.0. The van der Waals surface area contributed by atoms with Gasteiger partial charge in [0.05, 0.1) is 25.2 Å². The third-order valence-electron chi connectivity index (χ3n) is 2.87. The van der Waals surface area contributed by atoms with Crippen LogP contribution in [0.15, 0.2) is 28.0 Å². The second-order valence-electron chi connectivity index (χ2n) is 4.34. The number of furan rings is 1. The second kappa shape index (κ2) is 9.19. The van der Waals surface area contributed by atoms with Crippen LogP contribution < -0.4 is 10.6 Å². The van der Waals surface area contributed by atoms with Crippen molar-refractivity contribution in [1.82, 2.24) is 10.6 Å². The zero-order chi connectivity index (χ0) is 12.6. The third-order valence-corrected chi connectivity index (χ3v) is 2.87. The summed E-state index contributed by atoms with van der Waals surface area (Å²) < 4.78 is 10.6. The van der Waals surface area contributed by atoms with E-state index in [1.54, 1.807) is 12.5 Å². The summed E-state index contributed by atoms with van der Waals surface area (Å²) in [4.78, 5) is 4.50. The molecule has 1 aromatic heterocycles. The van der Waals surface area contributed by atoms with E-state index in [0.29, 0.717) is 12.6 Å². The van der Waals surface area contributed by atoms with Gasteiger partial charge in [0, 0.05) is 25.3 Å². The molecule has 1 atom stereocenters. The first-order chi connectivity index (χ1) is 8.88. The molecule has 1 aromatic rings. The van der Waals surface area contributed by atoms with Gasteiger partial charge < -0.3 is 19.8 Å². The molecule has 1 saturated heterocycles. The molecule has 0 aliphatic carbocycles. The van der Waals surface area contributed by atoms with E-state index in [2.05, 4.69) is 22.5 Å². The molecule has 2 N–H and O–H groups in total. The number of ether oxygens (including phenoxy) is 1. The fourth-order valence-corrected chi connectivity index (χ4v) is 1.91. The van der Waals surface area contributed by atoms with Crippen molar-refractivity contribution in [1.29, 1.82) is 0 Å². The van der Waals surface area contributed by atoms with Crippen LogP contribution in [0.5, 0.6) is 0 Å². The maximum atomic E-state index is 5.57. The van der Waals surface area contributed by atoms with E-state index in [0.717, 1.165) is 44.1 Å². The van der Waals surface area contributed by atoms with Crippen LogP contribution in [0.3, 0.4) is 0 Å². The minimum absolute atomic E-state index is 0. The van der Waals surface area contributed by atoms with E-state index in [4.69, 9.17) is 9.15 Å². The molecule has 19 heavy (non-hydrogen) atoms. The van der Waals surface area contributed by atoms with E-state index in [1.807, 2.05) is 6.07 Å². The molecular formula is C13H22IN3O2. The molecule has 108 valence electrons. The molecule has 0 radical (unpaired) electrons. The molecule has 0 amide bonds. The van der Waals surface area contributed by atoms with E-state index in [-0.39, 0.29) is 24.0 Å². The van der Waals surface area contributed by atoms with Crippen LogP contribution in [0.1, 0.15) is 25.3 Å². The van der Waals surface area contributed by atoms with E-state index >= 15 is 0 Å². The Morgan fingerprint density at radius 2 is 2.37 bits per heavy atom. The monoisotopic (exact) mass is 379 g/mol. The molecule has 2 heterocycles. The summed E-state index contributed by atoms with van der Waals surface area (Å²) in [6.07, 6.45) is 6.00. The molecule has 0 spiro atoms. The van der Waals surface area contributed by atoms with Gasteiger partial charge >= 0.3 is 0 Å². The van der Waals surface area contributed by atoms with Gasteiger partial charge in [-0.3, -0.25) is 0 Å². The smallest absolute Gasteiger partial charge is 0.191 e. The fourth-order valence-electron chi connectivity index (χ4n) is 1.91. The lowest BCUT2D eigenvalue weighted by molar-refractivity contribution is 0.114. The van der Waals surface area contributed by atoms with Crippen LogP contribution in [0.2, 0.25) is 0 Å². The number of hydrogen-bond donors (Lipinski definition) is 2. The predicted octanol–water partition coefficient (Wildman–Crippen LogP) is 2.13. The minimum atomic E-state index is 0. The van der Waals surface area contributed by atoms with Crippen molar-refractivity contribution in [2.75, 3.05) is 19.7 Å². The Bertz CT molecular complexity index is 362. The maximum absolute atomic E-state index is 5.57. The zero-order valence-corrected chi connectivity index (χ0v) is 13.6. The first-order valence-corrected chi connectivity index (χ1v) is 6.53. The maximum Gasteiger partial charge on any atom is 0.191 e. The molecule has 1 aliphatic rings. The highest BCUT2D eigenvalue weighted by Crippen LogP contribution is 2.10. The molecule has 1 unspecified atom stereocenters. The largest absolute Gasteiger partial charge is 0.472 e. The van der Waals surface area contributed by atoms with E-state index < -0.39 is 0 Å². The van der Waals surface area contributed by atoms with Crippen LogP contribution in [0.4, 0.5) is 0 Å². The van der Waals surface area contributed by atoms with Gasteiger partial charge in [-0.1, -0.05) is 0 Å². The van der Waals surface area contributed by atoms with Crippen LogP contribution in [-0.2, 0) is 11.3 Å². The minimum Gasteiger partial charge on any atom is -0.472 e. The highest BCUT2D eigenvalue weighted by Gasteiger charge is 2.15. The average Bonchev–Trinajstić information content (AvgIpc) is 3.05. The van der Waals surface area contributed by atoms with Crippen molar-refractivity contribution in [2.24, 2.45) is 4.99 Å². The summed E-state index contributed by atoms with van der Waals surface area (Å²) in [5.74, 6) is 0.828. The SMILES string of the molecule is CCNC(=NCc1ccoc1)NCC1CCCO1.I. The lowest BCUT2D eigenvalue weighted by atomic mass is 10.2. The van der Waals surface area contributed by atoms with Crippen molar-refractivity contribution in [3.63, 3.8) is 0 Å². The zero-order valence-electron chi connectivity index (χ0n) is 11.2. The topological polar surface area (TPSA) is 58.8 Å². The number of aliphatic imine (C=N–C) groups is 1. The summed E-state index contributed by atoms with van der Waals surface area (Å²) >= 11 is 0. The Kier molecular flexibility index (Phi) is 7.88. The van der Waals surface area contributed by atoms with Crippen molar-refractivity contribution in [2.45, 2.75) is 32.4 Å². The normalized spacial score (nSPS) is 19.0. The summed E-state index contributed by atoms with van der Waals surface area (Å²) in [5.41, 5.74) is 1.07. The Morgan fingerprint density at radius 3 is 3.00 bits per heavy atom. The van der Waals surface area contributed by atoms with Gasteiger partial charge in [0.1, 0.15) is 0 Å². The first kappa shape index (κ1) is 16.3. The predicted molar refractivity (Wildman–Crippen MR) is 85.9 cm³/mol. The second-order valence-corrected chi connectivity index (χ2v) is 4.34. The summed E-state index contributed by atoms with van der Waals surface area (Å²) in [5, 5.41) is 6.53. The van der Waals surface area contributed by atoms with Gasteiger partial charge in [0.15, 0.2) is 5.96 Å². The molecule has 0 saturated carbocycles. The summed E-state index contributed by atoms with van der Waals surface area (Å²) in [7, 11) is 0. The molecule has 5 nitrogen and oxygen atoms in total. The molecular weight excluding hydrogens is 357 g/mol.